The van der Waals surface area contributed by atoms with Crippen LogP contribution in [0.4, 0.5) is 5.13 Å². The minimum Gasteiger partial charge on any atom is -0.375 e. The summed E-state index contributed by atoms with van der Waals surface area (Å²) in [5, 5.41) is 3.22. The van der Waals surface area contributed by atoms with Crippen LogP contribution in [0.5, 0.6) is 0 Å². The number of nitrogens with zero attached hydrogens (tertiary/aromatic N) is 1. The van der Waals surface area contributed by atoms with Crippen molar-refractivity contribution in [3.05, 3.63) is 23.8 Å². The van der Waals surface area contributed by atoms with E-state index in [0.717, 1.165) is 10.2 Å². The molecule has 16 heavy (non-hydrogen) atoms. The minimum absolute atomic E-state index is 0.126. The van der Waals surface area contributed by atoms with Crippen molar-refractivity contribution in [3.8, 4) is 0 Å². The number of carbonyl (C=O) groups excluding carboxylic acids is 1. The molecule has 2 aromatic rings. The molecule has 84 valence electrons. The molecule has 0 radical (unpaired) electrons. The normalized spacial score (nSPS) is 10.6. The van der Waals surface area contributed by atoms with Crippen LogP contribution in [0.1, 0.15) is 10.4 Å². The van der Waals surface area contributed by atoms with Gasteiger partial charge < -0.3 is 16.8 Å². The van der Waals surface area contributed by atoms with Gasteiger partial charge in [0.2, 0.25) is 0 Å². The average Bonchev–Trinajstić information content (AvgIpc) is 2.64. The van der Waals surface area contributed by atoms with E-state index in [0.29, 0.717) is 23.8 Å². The van der Waals surface area contributed by atoms with Crippen LogP contribution in [-0.2, 0) is 0 Å². The van der Waals surface area contributed by atoms with Gasteiger partial charge in [-0.15, -0.1) is 0 Å². The fourth-order valence-electron chi connectivity index (χ4n) is 1.37. The number of rotatable bonds is 3. The highest BCUT2D eigenvalue weighted by molar-refractivity contribution is 7.22. The van der Waals surface area contributed by atoms with Crippen molar-refractivity contribution < 1.29 is 4.79 Å². The molecule has 1 aromatic carbocycles. The lowest BCUT2D eigenvalue weighted by Crippen LogP contribution is -2.28. The van der Waals surface area contributed by atoms with Crippen molar-refractivity contribution in [2.75, 3.05) is 18.8 Å². The molecule has 0 fully saturated rings. The van der Waals surface area contributed by atoms with E-state index in [2.05, 4.69) is 10.3 Å². The van der Waals surface area contributed by atoms with Gasteiger partial charge in [0.15, 0.2) is 5.13 Å². The molecule has 0 aliphatic rings. The Labute approximate surface area is 96.5 Å². The quantitative estimate of drug-likeness (QED) is 0.726. The zero-order valence-corrected chi connectivity index (χ0v) is 9.38. The molecule has 1 aromatic heterocycles. The molecule has 0 saturated heterocycles. The first kappa shape index (κ1) is 10.8. The number of hydrogen-bond donors (Lipinski definition) is 3. The first-order valence-electron chi connectivity index (χ1n) is 4.85. The van der Waals surface area contributed by atoms with Crippen molar-refractivity contribution in [2.45, 2.75) is 0 Å². The van der Waals surface area contributed by atoms with Crippen molar-refractivity contribution in [1.29, 1.82) is 0 Å². The summed E-state index contributed by atoms with van der Waals surface area (Å²) in [6.45, 7) is 0.906. The SMILES string of the molecule is NCCNC(=O)c1ccc2nc(N)sc2c1. The monoisotopic (exact) mass is 236 g/mol. The van der Waals surface area contributed by atoms with E-state index in [1.807, 2.05) is 0 Å². The maximum Gasteiger partial charge on any atom is 0.251 e. The maximum absolute atomic E-state index is 11.6. The van der Waals surface area contributed by atoms with Crippen LogP contribution in [0.15, 0.2) is 18.2 Å². The number of amides is 1. The van der Waals surface area contributed by atoms with Crippen LogP contribution < -0.4 is 16.8 Å². The highest BCUT2D eigenvalue weighted by atomic mass is 32.1. The Morgan fingerprint density at radius 2 is 2.31 bits per heavy atom. The van der Waals surface area contributed by atoms with Gasteiger partial charge in [0, 0.05) is 18.7 Å². The molecule has 0 unspecified atom stereocenters. The van der Waals surface area contributed by atoms with Crippen LogP contribution in [0, 0.1) is 0 Å². The first-order valence-corrected chi connectivity index (χ1v) is 5.66. The molecule has 0 aliphatic carbocycles. The van der Waals surface area contributed by atoms with Gasteiger partial charge in [0.25, 0.3) is 5.91 Å². The van der Waals surface area contributed by atoms with Gasteiger partial charge >= 0.3 is 0 Å². The Morgan fingerprint density at radius 3 is 3.06 bits per heavy atom. The summed E-state index contributed by atoms with van der Waals surface area (Å²) in [5.41, 5.74) is 12.3. The summed E-state index contributed by atoms with van der Waals surface area (Å²) < 4.78 is 0.915. The second-order valence-corrected chi connectivity index (χ2v) is 4.34. The summed E-state index contributed by atoms with van der Waals surface area (Å²) >= 11 is 1.37. The van der Waals surface area contributed by atoms with Gasteiger partial charge in [-0.25, -0.2) is 4.98 Å². The number of aromatic nitrogens is 1. The van der Waals surface area contributed by atoms with Crippen LogP contribution >= 0.6 is 11.3 Å². The molecule has 0 aliphatic heterocycles. The summed E-state index contributed by atoms with van der Waals surface area (Å²) in [6.07, 6.45) is 0. The standard InChI is InChI=1S/C10H12N4OS/c11-3-4-13-9(15)6-1-2-7-8(5-6)16-10(12)14-7/h1-2,5H,3-4,11H2,(H2,12,14)(H,13,15). The Balaban J connectivity index is 2.28. The second-order valence-electron chi connectivity index (χ2n) is 3.28. The predicted octanol–water partition coefficient (Wildman–Crippen LogP) is 0.567. The molecule has 1 heterocycles. The van der Waals surface area contributed by atoms with Crippen molar-refractivity contribution in [1.82, 2.24) is 10.3 Å². The number of fused-ring (bicyclic) bond motifs is 1. The third-order valence-corrected chi connectivity index (χ3v) is 2.94. The minimum atomic E-state index is -0.126. The van der Waals surface area contributed by atoms with Crippen LogP contribution in [0.2, 0.25) is 0 Å². The molecule has 6 heteroatoms. The van der Waals surface area contributed by atoms with Gasteiger partial charge in [-0.1, -0.05) is 11.3 Å². The predicted molar refractivity (Wildman–Crippen MR) is 65.4 cm³/mol. The number of nitrogen functional groups attached to an aromatic ring is 1. The molecular formula is C10H12N4OS. The zero-order valence-electron chi connectivity index (χ0n) is 8.56. The third kappa shape index (κ3) is 2.12. The first-order chi connectivity index (χ1) is 7.70. The van der Waals surface area contributed by atoms with Crippen LogP contribution in [0.25, 0.3) is 10.2 Å². The van der Waals surface area contributed by atoms with E-state index in [-0.39, 0.29) is 5.91 Å². The molecule has 5 N–H and O–H groups in total. The molecule has 0 atom stereocenters. The summed E-state index contributed by atoms with van der Waals surface area (Å²) in [6, 6.07) is 5.31. The van der Waals surface area contributed by atoms with Gasteiger partial charge in [-0.05, 0) is 18.2 Å². The Kier molecular flexibility index (Phi) is 3.02. The number of hydrogen-bond acceptors (Lipinski definition) is 5. The van der Waals surface area contributed by atoms with E-state index in [1.165, 1.54) is 11.3 Å². The van der Waals surface area contributed by atoms with E-state index in [9.17, 15) is 4.79 Å². The Morgan fingerprint density at radius 1 is 1.50 bits per heavy atom. The third-order valence-electron chi connectivity index (χ3n) is 2.10. The molecular weight excluding hydrogens is 224 g/mol. The number of benzene rings is 1. The lowest BCUT2D eigenvalue weighted by molar-refractivity contribution is 0.0955. The van der Waals surface area contributed by atoms with Gasteiger partial charge in [-0.3, -0.25) is 4.79 Å². The second kappa shape index (κ2) is 4.46. The smallest absolute Gasteiger partial charge is 0.251 e. The van der Waals surface area contributed by atoms with E-state index in [1.54, 1.807) is 18.2 Å². The Hall–Kier alpha value is -1.66. The average molecular weight is 236 g/mol. The largest absolute Gasteiger partial charge is 0.375 e. The van der Waals surface area contributed by atoms with Crippen LogP contribution in [-0.4, -0.2) is 24.0 Å². The summed E-state index contributed by atoms with van der Waals surface area (Å²) in [5.74, 6) is -0.126. The lowest BCUT2D eigenvalue weighted by atomic mass is 10.2. The highest BCUT2D eigenvalue weighted by Gasteiger charge is 2.07. The Bertz CT molecular complexity index is 523. The summed E-state index contributed by atoms with van der Waals surface area (Å²) in [4.78, 5) is 15.8. The van der Waals surface area contributed by atoms with Crippen LogP contribution in [0.3, 0.4) is 0 Å². The summed E-state index contributed by atoms with van der Waals surface area (Å²) in [7, 11) is 0. The highest BCUT2D eigenvalue weighted by Crippen LogP contribution is 2.24. The number of carbonyl (C=O) groups is 1. The number of thiazole rings is 1. The van der Waals surface area contributed by atoms with E-state index in [4.69, 9.17) is 11.5 Å². The molecule has 0 bridgehead atoms. The molecule has 2 rings (SSSR count). The van der Waals surface area contributed by atoms with E-state index >= 15 is 0 Å². The lowest BCUT2D eigenvalue weighted by Gasteiger charge is -2.02. The van der Waals surface area contributed by atoms with E-state index < -0.39 is 0 Å². The fourth-order valence-corrected chi connectivity index (χ4v) is 2.14. The maximum atomic E-state index is 11.6. The molecule has 0 spiro atoms. The van der Waals surface area contributed by atoms with Gasteiger partial charge in [0.05, 0.1) is 10.2 Å². The van der Waals surface area contributed by atoms with Crippen molar-refractivity contribution >= 4 is 32.6 Å². The van der Waals surface area contributed by atoms with Crippen molar-refractivity contribution in [3.63, 3.8) is 0 Å². The fraction of sp³-hybridized carbons (Fsp3) is 0.200. The van der Waals surface area contributed by atoms with Gasteiger partial charge in [0.1, 0.15) is 0 Å². The van der Waals surface area contributed by atoms with Gasteiger partial charge in [-0.2, -0.15) is 0 Å². The molecule has 1 amide bonds. The molecule has 5 nitrogen and oxygen atoms in total. The topological polar surface area (TPSA) is 94.0 Å². The number of nitrogens with one attached hydrogen (secondary N) is 1. The zero-order chi connectivity index (χ0) is 11.5. The number of nitrogens with two attached hydrogens (primary N) is 2. The van der Waals surface area contributed by atoms with Crippen molar-refractivity contribution in [2.24, 2.45) is 5.73 Å². The molecule has 0 saturated carbocycles. The number of anilines is 1.